The smallest absolute Gasteiger partial charge is 0.236 e. The maximum Gasteiger partial charge on any atom is 0.236 e. The molecule has 2 heterocycles. The van der Waals surface area contributed by atoms with E-state index in [1.807, 2.05) is 11.9 Å². The number of hydrogen-bond donors (Lipinski definition) is 1. The molecule has 146 valence electrons. The normalized spacial score (nSPS) is 24.7. The number of amides is 1. The van der Waals surface area contributed by atoms with Crippen molar-refractivity contribution in [2.45, 2.75) is 51.0 Å². The van der Waals surface area contributed by atoms with Crippen LogP contribution < -0.4 is 5.32 Å². The summed E-state index contributed by atoms with van der Waals surface area (Å²) in [5.41, 5.74) is 0. The zero-order chi connectivity index (χ0) is 16.8. The molecule has 0 spiro atoms. The highest BCUT2D eigenvalue weighted by atomic mass is 35.5. The first-order chi connectivity index (χ1) is 11.7. The molecule has 2 saturated heterocycles. The number of nitrogens with one attached hydrogen (secondary N) is 1. The Labute approximate surface area is 159 Å². The van der Waals surface area contributed by atoms with E-state index in [1.54, 1.807) is 0 Å². The first-order valence-electron chi connectivity index (χ1n) is 10.1. The minimum Gasteiger partial charge on any atom is -0.342 e. The highest BCUT2D eigenvalue weighted by Gasteiger charge is 2.26. The first kappa shape index (κ1) is 20.9. The Kier molecular flexibility index (Phi) is 8.97. The van der Waals surface area contributed by atoms with E-state index < -0.39 is 0 Å². The summed E-state index contributed by atoms with van der Waals surface area (Å²) >= 11 is 0. The van der Waals surface area contributed by atoms with E-state index in [0.717, 1.165) is 32.1 Å². The lowest BCUT2D eigenvalue weighted by molar-refractivity contribution is -0.134. The molecule has 25 heavy (non-hydrogen) atoms. The molecule has 0 radical (unpaired) electrons. The van der Waals surface area contributed by atoms with E-state index in [1.165, 1.54) is 64.6 Å². The fraction of sp³-hybridized carbons (Fsp3) is 0.947. The van der Waals surface area contributed by atoms with Gasteiger partial charge in [-0.15, -0.1) is 12.4 Å². The van der Waals surface area contributed by atoms with Crippen LogP contribution in [0.4, 0.5) is 0 Å². The molecule has 0 atom stereocenters. The van der Waals surface area contributed by atoms with Crippen LogP contribution in [0, 0.1) is 5.92 Å². The van der Waals surface area contributed by atoms with Crippen molar-refractivity contribution in [3.05, 3.63) is 0 Å². The molecule has 3 aliphatic rings. The van der Waals surface area contributed by atoms with Crippen LogP contribution in [-0.2, 0) is 4.79 Å². The highest BCUT2D eigenvalue weighted by molar-refractivity contribution is 5.85. The van der Waals surface area contributed by atoms with Crippen molar-refractivity contribution in [3.8, 4) is 0 Å². The van der Waals surface area contributed by atoms with Crippen molar-refractivity contribution in [1.29, 1.82) is 0 Å². The van der Waals surface area contributed by atoms with Gasteiger partial charge in [0.2, 0.25) is 5.91 Å². The summed E-state index contributed by atoms with van der Waals surface area (Å²) < 4.78 is 0. The summed E-state index contributed by atoms with van der Waals surface area (Å²) in [6.07, 6.45) is 8.97. The SMILES string of the molecule is CN(C(=O)CN1CCN(CC2CCNCC2)CC1)C1CCCCC1.Cl. The van der Waals surface area contributed by atoms with E-state index >= 15 is 0 Å². The Morgan fingerprint density at radius 1 is 0.960 bits per heavy atom. The molecular formula is C19H37ClN4O. The largest absolute Gasteiger partial charge is 0.342 e. The molecule has 1 N–H and O–H groups in total. The maximum absolute atomic E-state index is 12.6. The molecule has 3 rings (SSSR count). The van der Waals surface area contributed by atoms with Crippen molar-refractivity contribution >= 4 is 18.3 Å². The van der Waals surface area contributed by atoms with Crippen LogP contribution in [0.2, 0.25) is 0 Å². The molecule has 0 aromatic heterocycles. The summed E-state index contributed by atoms with van der Waals surface area (Å²) in [7, 11) is 2.02. The van der Waals surface area contributed by atoms with E-state index in [2.05, 4.69) is 15.1 Å². The van der Waals surface area contributed by atoms with Crippen LogP contribution in [-0.4, -0.2) is 86.1 Å². The zero-order valence-corrected chi connectivity index (χ0v) is 16.7. The molecule has 2 aliphatic heterocycles. The first-order valence-corrected chi connectivity index (χ1v) is 10.1. The topological polar surface area (TPSA) is 38.8 Å². The Morgan fingerprint density at radius 2 is 1.56 bits per heavy atom. The van der Waals surface area contributed by atoms with Gasteiger partial charge in [-0.25, -0.2) is 0 Å². The van der Waals surface area contributed by atoms with Gasteiger partial charge in [0, 0.05) is 45.8 Å². The predicted molar refractivity (Wildman–Crippen MR) is 105 cm³/mol. The Morgan fingerprint density at radius 3 is 2.20 bits per heavy atom. The summed E-state index contributed by atoms with van der Waals surface area (Å²) in [5.74, 6) is 1.20. The van der Waals surface area contributed by atoms with Gasteiger partial charge in [-0.3, -0.25) is 9.69 Å². The minimum absolute atomic E-state index is 0. The number of halogens is 1. The fourth-order valence-corrected chi connectivity index (χ4v) is 4.53. The average Bonchev–Trinajstić information content (AvgIpc) is 2.64. The number of carbonyl (C=O) groups excluding carboxylic acids is 1. The van der Waals surface area contributed by atoms with Gasteiger partial charge in [0.1, 0.15) is 0 Å². The summed E-state index contributed by atoms with van der Waals surface area (Å²) in [5, 5.41) is 3.45. The Balaban J connectivity index is 0.00000225. The molecule has 0 aromatic rings. The average molecular weight is 373 g/mol. The van der Waals surface area contributed by atoms with Crippen LogP contribution in [0.3, 0.4) is 0 Å². The van der Waals surface area contributed by atoms with Crippen LogP contribution in [0.25, 0.3) is 0 Å². The summed E-state index contributed by atoms with van der Waals surface area (Å²) in [4.78, 5) is 19.6. The molecule has 5 nitrogen and oxygen atoms in total. The van der Waals surface area contributed by atoms with E-state index in [-0.39, 0.29) is 12.4 Å². The highest BCUT2D eigenvalue weighted by Crippen LogP contribution is 2.22. The third kappa shape index (κ3) is 6.38. The van der Waals surface area contributed by atoms with Crippen molar-refractivity contribution in [3.63, 3.8) is 0 Å². The van der Waals surface area contributed by atoms with Crippen LogP contribution in [0.15, 0.2) is 0 Å². The number of hydrogen-bond acceptors (Lipinski definition) is 4. The van der Waals surface area contributed by atoms with Crippen molar-refractivity contribution in [2.24, 2.45) is 5.92 Å². The van der Waals surface area contributed by atoms with Crippen molar-refractivity contribution in [1.82, 2.24) is 20.0 Å². The van der Waals surface area contributed by atoms with Gasteiger partial charge in [-0.05, 0) is 44.7 Å². The molecule has 6 heteroatoms. The second-order valence-corrected chi connectivity index (χ2v) is 8.07. The quantitative estimate of drug-likeness (QED) is 0.799. The second-order valence-electron chi connectivity index (χ2n) is 8.07. The Bertz CT molecular complexity index is 389. The van der Waals surface area contributed by atoms with Crippen LogP contribution >= 0.6 is 12.4 Å². The van der Waals surface area contributed by atoms with Gasteiger partial charge < -0.3 is 15.1 Å². The van der Waals surface area contributed by atoms with Crippen LogP contribution in [0.5, 0.6) is 0 Å². The van der Waals surface area contributed by atoms with E-state index in [9.17, 15) is 4.79 Å². The van der Waals surface area contributed by atoms with Gasteiger partial charge >= 0.3 is 0 Å². The molecular weight excluding hydrogens is 336 g/mol. The fourth-order valence-electron chi connectivity index (χ4n) is 4.53. The molecule has 1 aliphatic carbocycles. The number of rotatable bonds is 5. The van der Waals surface area contributed by atoms with Gasteiger partial charge in [0.15, 0.2) is 0 Å². The van der Waals surface area contributed by atoms with Gasteiger partial charge in [-0.2, -0.15) is 0 Å². The second kappa shape index (κ2) is 10.7. The molecule has 1 saturated carbocycles. The Hall–Kier alpha value is -0.360. The standard InChI is InChI=1S/C19H36N4O.ClH/c1-21(18-5-3-2-4-6-18)19(24)16-23-13-11-22(12-14-23)15-17-7-9-20-10-8-17;/h17-18,20H,2-16H2,1H3;1H. The lowest BCUT2D eigenvalue weighted by atomic mass is 9.94. The predicted octanol–water partition coefficient (Wildman–Crippen LogP) is 1.82. The lowest BCUT2D eigenvalue weighted by Crippen LogP contribution is -2.52. The molecule has 0 bridgehead atoms. The number of piperazine rings is 1. The minimum atomic E-state index is 0. The van der Waals surface area contributed by atoms with E-state index in [0.29, 0.717) is 18.5 Å². The maximum atomic E-state index is 12.6. The third-order valence-electron chi connectivity index (χ3n) is 6.31. The molecule has 1 amide bonds. The van der Waals surface area contributed by atoms with E-state index in [4.69, 9.17) is 0 Å². The van der Waals surface area contributed by atoms with Gasteiger partial charge in [-0.1, -0.05) is 19.3 Å². The number of likely N-dealkylation sites (N-methyl/N-ethyl adjacent to an activating group) is 1. The number of piperidine rings is 1. The number of nitrogens with zero attached hydrogens (tertiary/aromatic N) is 3. The summed E-state index contributed by atoms with van der Waals surface area (Å²) in [6, 6.07) is 0.493. The monoisotopic (exact) mass is 372 g/mol. The van der Waals surface area contributed by atoms with Crippen molar-refractivity contribution in [2.75, 3.05) is 59.4 Å². The summed E-state index contributed by atoms with van der Waals surface area (Å²) in [6.45, 7) is 8.61. The molecule has 0 aromatic carbocycles. The molecule has 3 fully saturated rings. The van der Waals surface area contributed by atoms with Gasteiger partial charge in [0.25, 0.3) is 0 Å². The van der Waals surface area contributed by atoms with Crippen molar-refractivity contribution < 1.29 is 4.79 Å². The van der Waals surface area contributed by atoms with Crippen LogP contribution in [0.1, 0.15) is 44.9 Å². The van der Waals surface area contributed by atoms with Gasteiger partial charge in [0.05, 0.1) is 6.54 Å². The molecule has 0 unspecified atom stereocenters. The third-order valence-corrected chi connectivity index (χ3v) is 6.31. The number of carbonyl (C=O) groups is 1. The zero-order valence-electron chi connectivity index (χ0n) is 15.9. The lowest BCUT2D eigenvalue weighted by Gasteiger charge is -2.38.